The van der Waals surface area contributed by atoms with E-state index in [0.29, 0.717) is 0 Å². The predicted octanol–water partition coefficient (Wildman–Crippen LogP) is -0.919. The zero-order chi connectivity index (χ0) is 16.1. The lowest BCUT2D eigenvalue weighted by molar-refractivity contribution is -0.304. The fourth-order valence-electron chi connectivity index (χ4n) is 2.26. The van der Waals surface area contributed by atoms with E-state index < -0.39 is 24.5 Å². The maximum Gasteiger partial charge on any atom is 0.243 e. The number of nitrogens with one attached hydrogen (secondary N) is 3. The van der Waals surface area contributed by atoms with Crippen LogP contribution in [0.2, 0.25) is 0 Å². The highest BCUT2D eigenvalue weighted by Crippen LogP contribution is 2.19. The van der Waals surface area contributed by atoms with Crippen molar-refractivity contribution in [3.63, 3.8) is 0 Å². The summed E-state index contributed by atoms with van der Waals surface area (Å²) >= 11 is 0. The molecule has 0 saturated carbocycles. The SMILES string of the molecule is CC(=O)N[C@@H](Cc1c[nH]c2ccccc12)C(=O)NCC(=O)[O-]. The van der Waals surface area contributed by atoms with E-state index in [1.54, 1.807) is 6.20 Å². The smallest absolute Gasteiger partial charge is 0.243 e. The molecule has 1 atom stereocenters. The minimum absolute atomic E-state index is 0.252. The van der Waals surface area contributed by atoms with Crippen molar-refractivity contribution in [1.29, 1.82) is 0 Å². The third kappa shape index (κ3) is 3.85. The Labute approximate surface area is 126 Å². The third-order valence-corrected chi connectivity index (χ3v) is 3.20. The fraction of sp³-hybridized carbons (Fsp3) is 0.267. The molecular formula is C15H16N3O4-. The Morgan fingerprint density at radius 2 is 2.00 bits per heavy atom. The molecule has 0 aliphatic heterocycles. The van der Waals surface area contributed by atoms with Gasteiger partial charge in [-0.05, 0) is 11.6 Å². The molecule has 7 nitrogen and oxygen atoms in total. The lowest BCUT2D eigenvalue weighted by Gasteiger charge is -2.17. The molecule has 1 heterocycles. The summed E-state index contributed by atoms with van der Waals surface area (Å²) in [5.41, 5.74) is 1.78. The number of aromatic nitrogens is 1. The summed E-state index contributed by atoms with van der Waals surface area (Å²) in [6.07, 6.45) is 2.02. The van der Waals surface area contributed by atoms with Crippen LogP contribution in [0.25, 0.3) is 10.9 Å². The molecule has 3 N–H and O–H groups in total. The fourth-order valence-corrected chi connectivity index (χ4v) is 2.26. The molecule has 7 heteroatoms. The summed E-state index contributed by atoms with van der Waals surface area (Å²) in [5, 5.41) is 16.1. The van der Waals surface area contributed by atoms with E-state index in [2.05, 4.69) is 15.6 Å². The molecule has 1 aromatic heterocycles. The van der Waals surface area contributed by atoms with Crippen molar-refractivity contribution in [3.8, 4) is 0 Å². The lowest BCUT2D eigenvalue weighted by Crippen LogP contribution is -2.49. The minimum Gasteiger partial charge on any atom is -0.548 e. The monoisotopic (exact) mass is 302 g/mol. The van der Waals surface area contributed by atoms with Gasteiger partial charge in [0, 0.05) is 30.4 Å². The van der Waals surface area contributed by atoms with Crippen molar-refractivity contribution >= 4 is 28.7 Å². The van der Waals surface area contributed by atoms with Crippen LogP contribution in [0.15, 0.2) is 30.5 Å². The zero-order valence-corrected chi connectivity index (χ0v) is 12.0. The first-order chi connectivity index (χ1) is 10.5. The standard InChI is InChI=1S/C15H17N3O4/c1-9(19)18-13(15(22)17-8-14(20)21)6-10-7-16-12-5-3-2-4-11(10)12/h2-5,7,13,16H,6,8H2,1H3,(H,17,22)(H,18,19)(H,20,21)/p-1/t13-/m0/s1. The molecule has 116 valence electrons. The average Bonchev–Trinajstić information content (AvgIpc) is 2.87. The predicted molar refractivity (Wildman–Crippen MR) is 77.6 cm³/mol. The van der Waals surface area contributed by atoms with E-state index in [4.69, 9.17) is 0 Å². The van der Waals surface area contributed by atoms with Gasteiger partial charge in [0.2, 0.25) is 11.8 Å². The van der Waals surface area contributed by atoms with Gasteiger partial charge in [-0.3, -0.25) is 9.59 Å². The van der Waals surface area contributed by atoms with Crippen molar-refractivity contribution in [2.45, 2.75) is 19.4 Å². The Balaban J connectivity index is 2.17. The normalized spacial score (nSPS) is 11.9. The van der Waals surface area contributed by atoms with Gasteiger partial charge >= 0.3 is 0 Å². The molecule has 0 unspecified atom stereocenters. The van der Waals surface area contributed by atoms with E-state index in [1.165, 1.54) is 6.92 Å². The van der Waals surface area contributed by atoms with Crippen LogP contribution in [0, 0.1) is 0 Å². The van der Waals surface area contributed by atoms with Crippen LogP contribution in [0.3, 0.4) is 0 Å². The Bertz CT molecular complexity index is 708. The largest absolute Gasteiger partial charge is 0.548 e. The number of aliphatic carboxylic acids is 1. The number of amides is 2. The van der Waals surface area contributed by atoms with Gasteiger partial charge in [-0.2, -0.15) is 0 Å². The van der Waals surface area contributed by atoms with Gasteiger partial charge in [-0.1, -0.05) is 18.2 Å². The summed E-state index contributed by atoms with van der Waals surface area (Å²) < 4.78 is 0. The minimum atomic E-state index is -1.39. The molecule has 0 saturated heterocycles. The number of benzene rings is 1. The van der Waals surface area contributed by atoms with Crippen LogP contribution in [-0.2, 0) is 20.8 Å². The van der Waals surface area contributed by atoms with Crippen LogP contribution in [0.1, 0.15) is 12.5 Å². The quantitative estimate of drug-likeness (QED) is 0.640. The molecule has 22 heavy (non-hydrogen) atoms. The van der Waals surface area contributed by atoms with Crippen LogP contribution in [0.5, 0.6) is 0 Å². The maximum absolute atomic E-state index is 12.0. The number of carbonyl (C=O) groups is 3. The molecule has 2 rings (SSSR count). The first-order valence-corrected chi connectivity index (χ1v) is 6.77. The second kappa shape index (κ2) is 6.75. The Kier molecular flexibility index (Phi) is 4.77. The molecule has 0 spiro atoms. The number of fused-ring (bicyclic) bond motifs is 1. The van der Waals surface area contributed by atoms with Gasteiger partial charge in [0.05, 0.1) is 12.5 Å². The number of rotatable bonds is 6. The van der Waals surface area contributed by atoms with Gasteiger partial charge < -0.3 is 25.5 Å². The van der Waals surface area contributed by atoms with Crippen molar-refractivity contribution in [2.24, 2.45) is 0 Å². The Morgan fingerprint density at radius 1 is 1.27 bits per heavy atom. The molecule has 0 radical (unpaired) electrons. The van der Waals surface area contributed by atoms with E-state index in [-0.39, 0.29) is 12.3 Å². The Morgan fingerprint density at radius 3 is 2.68 bits per heavy atom. The highest BCUT2D eigenvalue weighted by atomic mass is 16.4. The summed E-state index contributed by atoms with van der Waals surface area (Å²) in [6, 6.07) is 6.73. The number of carbonyl (C=O) groups excluding carboxylic acids is 3. The average molecular weight is 302 g/mol. The third-order valence-electron chi connectivity index (χ3n) is 3.20. The molecule has 0 fully saturated rings. The molecule has 0 bridgehead atoms. The van der Waals surface area contributed by atoms with Gasteiger partial charge in [-0.25, -0.2) is 0 Å². The number of carboxylic acids is 1. The number of aromatic amines is 1. The molecule has 1 aromatic carbocycles. The topological polar surface area (TPSA) is 114 Å². The van der Waals surface area contributed by atoms with Crippen molar-refractivity contribution < 1.29 is 19.5 Å². The molecule has 0 aliphatic carbocycles. The number of hydrogen-bond acceptors (Lipinski definition) is 4. The Hall–Kier alpha value is -2.83. The number of H-pyrrole nitrogens is 1. The molecule has 0 aliphatic rings. The van der Waals surface area contributed by atoms with Crippen LogP contribution >= 0.6 is 0 Å². The number of hydrogen-bond donors (Lipinski definition) is 3. The number of para-hydroxylation sites is 1. The molecular weight excluding hydrogens is 286 g/mol. The van der Waals surface area contributed by atoms with Gasteiger partial charge in [0.25, 0.3) is 0 Å². The van der Waals surface area contributed by atoms with Gasteiger partial charge in [0.1, 0.15) is 6.04 Å². The van der Waals surface area contributed by atoms with Crippen molar-refractivity contribution in [1.82, 2.24) is 15.6 Å². The first kappa shape index (κ1) is 15.6. The van der Waals surface area contributed by atoms with Crippen LogP contribution < -0.4 is 15.7 Å². The van der Waals surface area contributed by atoms with E-state index in [1.807, 2.05) is 24.3 Å². The lowest BCUT2D eigenvalue weighted by atomic mass is 10.0. The highest BCUT2D eigenvalue weighted by molar-refractivity contribution is 5.90. The number of carboxylic acid groups (broad SMARTS) is 1. The first-order valence-electron chi connectivity index (χ1n) is 6.77. The van der Waals surface area contributed by atoms with E-state index >= 15 is 0 Å². The summed E-state index contributed by atoms with van der Waals surface area (Å²) in [6.45, 7) is 0.705. The van der Waals surface area contributed by atoms with Crippen LogP contribution in [0.4, 0.5) is 0 Å². The van der Waals surface area contributed by atoms with Gasteiger partial charge in [-0.15, -0.1) is 0 Å². The summed E-state index contributed by atoms with van der Waals surface area (Å²) in [7, 11) is 0. The van der Waals surface area contributed by atoms with E-state index in [9.17, 15) is 19.5 Å². The highest BCUT2D eigenvalue weighted by Gasteiger charge is 2.21. The van der Waals surface area contributed by atoms with Crippen molar-refractivity contribution in [2.75, 3.05) is 6.54 Å². The van der Waals surface area contributed by atoms with E-state index in [0.717, 1.165) is 16.5 Å². The summed E-state index contributed by atoms with van der Waals surface area (Å²) in [5.74, 6) is -2.32. The second-order valence-corrected chi connectivity index (χ2v) is 4.91. The van der Waals surface area contributed by atoms with Crippen molar-refractivity contribution in [3.05, 3.63) is 36.0 Å². The van der Waals surface area contributed by atoms with Crippen LogP contribution in [-0.4, -0.2) is 35.4 Å². The maximum atomic E-state index is 12.0. The molecule has 2 aromatic rings. The molecule has 2 amide bonds. The van der Waals surface area contributed by atoms with Gasteiger partial charge in [0.15, 0.2) is 0 Å². The zero-order valence-electron chi connectivity index (χ0n) is 12.0. The second-order valence-electron chi connectivity index (χ2n) is 4.91. The summed E-state index contributed by atoms with van der Waals surface area (Å²) in [4.78, 5) is 36.8.